The summed E-state index contributed by atoms with van der Waals surface area (Å²) in [5.41, 5.74) is 0.603. The van der Waals surface area contributed by atoms with Gasteiger partial charge in [-0.2, -0.15) is 0 Å². The molecule has 1 aromatic carbocycles. The van der Waals surface area contributed by atoms with Crippen molar-refractivity contribution in [1.29, 1.82) is 0 Å². The molecule has 2 aliphatic rings. The molecule has 1 saturated heterocycles. The molecule has 8 heteroatoms. The molecule has 0 bridgehead atoms. The summed E-state index contributed by atoms with van der Waals surface area (Å²) in [5, 5.41) is 6.23. The number of anilines is 1. The molecule has 2 aromatic rings. The Hall–Kier alpha value is -2.80. The molecular weight excluding hydrogens is 380 g/mol. The van der Waals surface area contributed by atoms with E-state index in [0.717, 1.165) is 18.5 Å². The predicted octanol–water partition coefficient (Wildman–Crippen LogP) is 3.32. The third-order valence-corrected chi connectivity index (χ3v) is 5.62. The Morgan fingerprint density at radius 1 is 1.18 bits per heavy atom. The maximum atomic E-state index is 12.7. The topological polar surface area (TPSA) is 83.4 Å². The van der Waals surface area contributed by atoms with Crippen molar-refractivity contribution in [3.8, 4) is 5.69 Å². The third-order valence-electron chi connectivity index (χ3n) is 5.38. The van der Waals surface area contributed by atoms with E-state index >= 15 is 0 Å². The van der Waals surface area contributed by atoms with Gasteiger partial charge in [0.15, 0.2) is 0 Å². The van der Waals surface area contributed by atoms with Gasteiger partial charge in [-0.15, -0.1) is 0 Å². The first kappa shape index (κ1) is 18.6. The predicted molar refractivity (Wildman–Crippen MR) is 105 cm³/mol. The van der Waals surface area contributed by atoms with Crippen molar-refractivity contribution in [1.82, 2.24) is 14.8 Å². The number of imide groups is 1. The second kappa shape index (κ2) is 7.31. The lowest BCUT2D eigenvalue weighted by Crippen LogP contribution is -2.44. The van der Waals surface area contributed by atoms with E-state index in [1.807, 2.05) is 29.1 Å². The Morgan fingerprint density at radius 3 is 2.61 bits per heavy atom. The van der Waals surface area contributed by atoms with Crippen molar-refractivity contribution in [2.75, 3.05) is 11.9 Å². The van der Waals surface area contributed by atoms with E-state index < -0.39 is 11.6 Å². The minimum absolute atomic E-state index is 0.0307. The van der Waals surface area contributed by atoms with Crippen LogP contribution in [-0.2, 0) is 9.59 Å². The molecule has 1 aliphatic carbocycles. The van der Waals surface area contributed by atoms with Crippen LogP contribution in [0.15, 0.2) is 42.7 Å². The number of amides is 4. The van der Waals surface area contributed by atoms with Crippen LogP contribution >= 0.6 is 11.6 Å². The first-order chi connectivity index (χ1) is 13.5. The van der Waals surface area contributed by atoms with Crippen LogP contribution in [0.25, 0.3) is 5.69 Å². The number of nitrogens with zero attached hydrogens (tertiary/aromatic N) is 2. The Balaban J connectivity index is 1.42. The molecule has 1 aliphatic heterocycles. The van der Waals surface area contributed by atoms with Crippen LogP contribution in [0.1, 0.15) is 32.1 Å². The van der Waals surface area contributed by atoms with Gasteiger partial charge in [-0.25, -0.2) is 4.79 Å². The smallest absolute Gasteiger partial charge is 0.324 e. The number of halogens is 1. The molecule has 2 fully saturated rings. The fourth-order valence-corrected chi connectivity index (χ4v) is 4.11. The molecular formula is C20H21ClN4O3. The van der Waals surface area contributed by atoms with Gasteiger partial charge in [-0.3, -0.25) is 14.5 Å². The lowest BCUT2D eigenvalue weighted by Gasteiger charge is -2.20. The molecule has 0 radical (unpaired) electrons. The van der Waals surface area contributed by atoms with Gasteiger partial charge in [0.2, 0.25) is 5.91 Å². The summed E-state index contributed by atoms with van der Waals surface area (Å²) in [4.78, 5) is 38.5. The van der Waals surface area contributed by atoms with Crippen molar-refractivity contribution in [2.45, 2.75) is 37.6 Å². The van der Waals surface area contributed by atoms with Gasteiger partial charge in [0, 0.05) is 30.4 Å². The highest BCUT2D eigenvalue weighted by molar-refractivity contribution is 6.31. The van der Waals surface area contributed by atoms with Crippen LogP contribution in [0.3, 0.4) is 0 Å². The van der Waals surface area contributed by atoms with Gasteiger partial charge in [0.05, 0.1) is 11.4 Å². The quantitative estimate of drug-likeness (QED) is 0.755. The van der Waals surface area contributed by atoms with Crippen molar-refractivity contribution < 1.29 is 14.4 Å². The van der Waals surface area contributed by atoms with E-state index in [-0.39, 0.29) is 24.8 Å². The highest BCUT2D eigenvalue weighted by Crippen LogP contribution is 2.35. The van der Waals surface area contributed by atoms with E-state index in [4.69, 9.17) is 11.6 Å². The number of rotatable bonds is 5. The van der Waals surface area contributed by atoms with Crippen LogP contribution in [0, 0.1) is 0 Å². The summed E-state index contributed by atoms with van der Waals surface area (Å²) in [7, 11) is 0. The first-order valence-electron chi connectivity index (χ1n) is 9.35. The zero-order valence-corrected chi connectivity index (χ0v) is 16.0. The summed E-state index contributed by atoms with van der Waals surface area (Å²) in [6.45, 7) is 0.0602. The summed E-state index contributed by atoms with van der Waals surface area (Å²) in [6, 6.07) is 8.55. The molecule has 0 unspecified atom stereocenters. The number of aromatic nitrogens is 1. The van der Waals surface area contributed by atoms with Gasteiger partial charge < -0.3 is 15.2 Å². The van der Waals surface area contributed by atoms with Crippen molar-refractivity contribution in [3.05, 3.63) is 47.7 Å². The first-order valence-corrected chi connectivity index (χ1v) is 9.73. The van der Waals surface area contributed by atoms with E-state index in [9.17, 15) is 14.4 Å². The normalized spacial score (nSPS) is 18.0. The average molecular weight is 401 g/mol. The van der Waals surface area contributed by atoms with E-state index in [0.29, 0.717) is 23.6 Å². The molecule has 4 amide bonds. The van der Waals surface area contributed by atoms with Gasteiger partial charge in [0.25, 0.3) is 5.91 Å². The highest BCUT2D eigenvalue weighted by atomic mass is 35.5. The van der Waals surface area contributed by atoms with Gasteiger partial charge >= 0.3 is 6.03 Å². The SMILES string of the molecule is O=C(CCN1C(=O)NC2(CCCC2)C1=O)Nc1ccc(Cl)cc1-n1cccc1. The average Bonchev–Trinajstić information content (AvgIpc) is 3.39. The van der Waals surface area contributed by atoms with Crippen LogP contribution in [0.2, 0.25) is 5.02 Å². The Labute approximate surface area is 167 Å². The molecule has 1 saturated carbocycles. The van der Waals surface area contributed by atoms with E-state index in [2.05, 4.69) is 10.6 Å². The number of carbonyl (C=O) groups is 3. The molecule has 0 atom stereocenters. The molecule has 28 heavy (non-hydrogen) atoms. The van der Waals surface area contributed by atoms with Crippen LogP contribution in [0.5, 0.6) is 0 Å². The Kier molecular flexibility index (Phi) is 4.85. The maximum Gasteiger partial charge on any atom is 0.325 e. The molecule has 2 N–H and O–H groups in total. The highest BCUT2D eigenvalue weighted by Gasteiger charge is 2.52. The molecule has 1 aromatic heterocycles. The maximum absolute atomic E-state index is 12.7. The molecule has 146 valence electrons. The van der Waals surface area contributed by atoms with Crippen molar-refractivity contribution in [3.63, 3.8) is 0 Å². The zero-order chi connectivity index (χ0) is 19.7. The minimum atomic E-state index is -0.745. The number of urea groups is 1. The minimum Gasteiger partial charge on any atom is -0.324 e. The fourth-order valence-electron chi connectivity index (χ4n) is 3.94. The van der Waals surface area contributed by atoms with Gasteiger partial charge in [-0.05, 0) is 43.2 Å². The van der Waals surface area contributed by atoms with Crippen molar-refractivity contribution in [2.24, 2.45) is 0 Å². The largest absolute Gasteiger partial charge is 0.325 e. The number of nitrogens with one attached hydrogen (secondary N) is 2. The van der Waals surface area contributed by atoms with Crippen LogP contribution < -0.4 is 10.6 Å². The van der Waals surface area contributed by atoms with E-state index in [1.54, 1.807) is 18.2 Å². The number of hydrogen-bond donors (Lipinski definition) is 2. The Bertz CT molecular complexity index is 920. The van der Waals surface area contributed by atoms with Gasteiger partial charge in [0.1, 0.15) is 5.54 Å². The summed E-state index contributed by atoms with van der Waals surface area (Å²) >= 11 is 6.09. The number of hydrogen-bond acceptors (Lipinski definition) is 3. The summed E-state index contributed by atoms with van der Waals surface area (Å²) in [6.07, 6.45) is 6.95. The molecule has 1 spiro atoms. The monoisotopic (exact) mass is 400 g/mol. The standard InChI is InChI=1S/C20H21ClN4O3/c21-14-5-6-15(16(13-14)24-10-3-4-11-24)22-17(26)7-12-25-18(27)20(23-19(25)28)8-1-2-9-20/h3-6,10-11,13H,1-2,7-9,12H2,(H,22,26)(H,23,28). The zero-order valence-electron chi connectivity index (χ0n) is 15.3. The second-order valence-electron chi connectivity index (χ2n) is 7.23. The lowest BCUT2D eigenvalue weighted by molar-refractivity contribution is -0.131. The van der Waals surface area contributed by atoms with Crippen molar-refractivity contribution >= 4 is 35.1 Å². The van der Waals surface area contributed by atoms with Crippen LogP contribution in [-0.4, -0.2) is 39.4 Å². The van der Waals surface area contributed by atoms with Gasteiger partial charge in [-0.1, -0.05) is 24.4 Å². The summed E-state index contributed by atoms with van der Waals surface area (Å²) in [5.74, 6) is -0.481. The fraction of sp³-hybridized carbons (Fsp3) is 0.350. The van der Waals surface area contributed by atoms with E-state index in [1.165, 1.54) is 4.90 Å². The molecule has 4 rings (SSSR count). The number of carbonyl (C=O) groups excluding carboxylic acids is 3. The Morgan fingerprint density at radius 2 is 1.89 bits per heavy atom. The molecule has 7 nitrogen and oxygen atoms in total. The molecule has 2 heterocycles. The number of benzene rings is 1. The lowest BCUT2D eigenvalue weighted by atomic mass is 9.98. The second-order valence-corrected chi connectivity index (χ2v) is 7.66. The summed E-state index contributed by atoms with van der Waals surface area (Å²) < 4.78 is 1.85. The third kappa shape index (κ3) is 3.38. The van der Waals surface area contributed by atoms with Crippen LogP contribution in [0.4, 0.5) is 10.5 Å².